The summed E-state index contributed by atoms with van der Waals surface area (Å²) < 4.78 is 3.71. The second-order valence-electron chi connectivity index (χ2n) is 5.76. The first kappa shape index (κ1) is 15.1. The fraction of sp³-hybridized carbons (Fsp3) is 0.111. The van der Waals surface area contributed by atoms with Gasteiger partial charge in [-0.2, -0.15) is 0 Å². The molecule has 0 spiro atoms. The summed E-state index contributed by atoms with van der Waals surface area (Å²) >= 11 is 0. The summed E-state index contributed by atoms with van der Waals surface area (Å²) in [6.07, 6.45) is 10.6. The zero-order chi connectivity index (χ0) is 17.2. The van der Waals surface area contributed by atoms with E-state index in [1.807, 2.05) is 35.9 Å². The van der Waals surface area contributed by atoms with E-state index in [1.165, 1.54) is 0 Å². The Hall–Kier alpha value is -3.48. The standard InChI is InChI=1S/C18H16N6O/c1-13-2-3-16-22-15(11-24(16)10-13)9-21-18(25)14-4-5-20-17(8-14)23-7-6-19-12-23/h2-8,10-12H,9H2,1H3,(H,21,25). The number of rotatable bonds is 4. The maximum absolute atomic E-state index is 12.4. The van der Waals surface area contributed by atoms with Gasteiger partial charge < -0.3 is 9.72 Å². The molecule has 0 saturated heterocycles. The number of hydrogen-bond acceptors (Lipinski definition) is 4. The van der Waals surface area contributed by atoms with Gasteiger partial charge >= 0.3 is 0 Å². The molecule has 4 heterocycles. The molecule has 0 aromatic carbocycles. The van der Waals surface area contributed by atoms with Crippen LogP contribution >= 0.6 is 0 Å². The summed E-state index contributed by atoms with van der Waals surface area (Å²) in [5.41, 5.74) is 3.37. The van der Waals surface area contributed by atoms with Gasteiger partial charge in [0.2, 0.25) is 0 Å². The number of carbonyl (C=O) groups excluding carboxylic acids is 1. The highest BCUT2D eigenvalue weighted by atomic mass is 16.1. The molecular weight excluding hydrogens is 316 g/mol. The first-order chi connectivity index (χ1) is 12.2. The normalized spacial score (nSPS) is 10.9. The summed E-state index contributed by atoms with van der Waals surface area (Å²) in [5, 5.41) is 2.90. The molecule has 1 N–H and O–H groups in total. The minimum Gasteiger partial charge on any atom is -0.346 e. The predicted octanol–water partition coefficient (Wildman–Crippen LogP) is 2.15. The second kappa shape index (κ2) is 6.20. The number of nitrogens with one attached hydrogen (secondary N) is 1. The third-order valence-corrected chi connectivity index (χ3v) is 3.86. The van der Waals surface area contributed by atoms with Gasteiger partial charge in [0.1, 0.15) is 17.8 Å². The molecule has 0 saturated carbocycles. The topological polar surface area (TPSA) is 77.1 Å². The molecule has 7 heteroatoms. The minimum absolute atomic E-state index is 0.169. The molecule has 4 aromatic rings. The van der Waals surface area contributed by atoms with Crippen molar-refractivity contribution < 1.29 is 4.79 Å². The van der Waals surface area contributed by atoms with E-state index in [0.29, 0.717) is 17.9 Å². The summed E-state index contributed by atoms with van der Waals surface area (Å²) in [4.78, 5) is 25.1. The number of pyridine rings is 2. The fourth-order valence-corrected chi connectivity index (χ4v) is 2.61. The molecule has 0 bridgehead atoms. The smallest absolute Gasteiger partial charge is 0.251 e. The maximum Gasteiger partial charge on any atom is 0.251 e. The van der Waals surface area contributed by atoms with Crippen LogP contribution in [0.15, 0.2) is 61.6 Å². The number of imidazole rings is 2. The fourth-order valence-electron chi connectivity index (χ4n) is 2.61. The van der Waals surface area contributed by atoms with Gasteiger partial charge in [-0.15, -0.1) is 0 Å². The molecule has 0 aliphatic rings. The molecule has 4 rings (SSSR count). The summed E-state index contributed by atoms with van der Waals surface area (Å²) in [6, 6.07) is 7.38. The highest BCUT2D eigenvalue weighted by Gasteiger charge is 2.09. The van der Waals surface area contributed by atoms with Crippen LogP contribution in [0.1, 0.15) is 21.6 Å². The molecule has 0 atom stereocenters. The number of carbonyl (C=O) groups is 1. The average Bonchev–Trinajstić information content (AvgIpc) is 3.29. The van der Waals surface area contributed by atoms with Crippen LogP contribution in [-0.2, 0) is 6.54 Å². The van der Waals surface area contributed by atoms with Gasteiger partial charge in [-0.1, -0.05) is 6.07 Å². The lowest BCUT2D eigenvalue weighted by Crippen LogP contribution is -2.23. The molecule has 0 fully saturated rings. The van der Waals surface area contributed by atoms with Gasteiger partial charge in [0.15, 0.2) is 0 Å². The third kappa shape index (κ3) is 3.12. The van der Waals surface area contributed by atoms with Crippen LogP contribution in [0.2, 0.25) is 0 Å². The minimum atomic E-state index is -0.169. The second-order valence-corrected chi connectivity index (χ2v) is 5.76. The van der Waals surface area contributed by atoms with Crippen molar-refractivity contribution in [1.29, 1.82) is 0 Å². The van der Waals surface area contributed by atoms with Gasteiger partial charge in [-0.25, -0.2) is 15.0 Å². The zero-order valence-corrected chi connectivity index (χ0v) is 13.6. The molecule has 1 amide bonds. The molecular formula is C18H16N6O. The molecule has 4 aromatic heterocycles. The van der Waals surface area contributed by atoms with Gasteiger partial charge in [0.25, 0.3) is 5.91 Å². The van der Waals surface area contributed by atoms with Crippen molar-refractivity contribution in [2.75, 3.05) is 0 Å². The van der Waals surface area contributed by atoms with E-state index in [4.69, 9.17) is 0 Å². The van der Waals surface area contributed by atoms with Crippen LogP contribution in [0.5, 0.6) is 0 Å². The highest BCUT2D eigenvalue weighted by molar-refractivity contribution is 5.94. The number of aryl methyl sites for hydroxylation is 1. The van der Waals surface area contributed by atoms with E-state index in [9.17, 15) is 4.79 Å². The molecule has 0 unspecified atom stereocenters. The molecule has 25 heavy (non-hydrogen) atoms. The predicted molar refractivity (Wildman–Crippen MR) is 92.5 cm³/mol. The summed E-state index contributed by atoms with van der Waals surface area (Å²) in [5.74, 6) is 0.477. The molecule has 7 nitrogen and oxygen atoms in total. The largest absolute Gasteiger partial charge is 0.346 e. The van der Waals surface area contributed by atoms with Crippen LogP contribution < -0.4 is 5.32 Å². The van der Waals surface area contributed by atoms with Crippen molar-refractivity contribution in [3.63, 3.8) is 0 Å². The van der Waals surface area contributed by atoms with Crippen molar-refractivity contribution >= 4 is 11.6 Å². The Kier molecular flexibility index (Phi) is 3.74. The Morgan fingerprint density at radius 1 is 1.20 bits per heavy atom. The van der Waals surface area contributed by atoms with E-state index in [2.05, 4.69) is 20.3 Å². The van der Waals surface area contributed by atoms with Crippen LogP contribution in [0.4, 0.5) is 0 Å². The number of amides is 1. The Morgan fingerprint density at radius 3 is 2.96 bits per heavy atom. The van der Waals surface area contributed by atoms with Crippen LogP contribution in [-0.4, -0.2) is 29.8 Å². The maximum atomic E-state index is 12.4. The van der Waals surface area contributed by atoms with Crippen LogP contribution in [0.25, 0.3) is 11.5 Å². The number of aromatic nitrogens is 5. The number of nitrogens with zero attached hydrogens (tertiary/aromatic N) is 5. The van der Waals surface area contributed by atoms with E-state index in [0.717, 1.165) is 16.9 Å². The van der Waals surface area contributed by atoms with Gasteiger partial charge in [0, 0.05) is 36.5 Å². The SMILES string of the molecule is Cc1ccc2nc(CNC(=O)c3ccnc(-n4ccnc4)c3)cn2c1. The summed E-state index contributed by atoms with van der Waals surface area (Å²) in [7, 11) is 0. The van der Waals surface area contributed by atoms with Crippen molar-refractivity contribution in [3.8, 4) is 5.82 Å². The Labute approximate surface area is 144 Å². The number of hydrogen-bond donors (Lipinski definition) is 1. The third-order valence-electron chi connectivity index (χ3n) is 3.86. The lowest BCUT2D eigenvalue weighted by molar-refractivity contribution is 0.0950. The van der Waals surface area contributed by atoms with E-state index < -0.39 is 0 Å². The van der Waals surface area contributed by atoms with Gasteiger partial charge in [0.05, 0.1) is 12.2 Å². The average molecular weight is 332 g/mol. The molecule has 0 radical (unpaired) electrons. The summed E-state index contributed by atoms with van der Waals surface area (Å²) in [6.45, 7) is 2.39. The lowest BCUT2D eigenvalue weighted by Gasteiger charge is -2.05. The highest BCUT2D eigenvalue weighted by Crippen LogP contribution is 2.09. The Balaban J connectivity index is 1.49. The first-order valence-electron chi connectivity index (χ1n) is 7.86. The van der Waals surface area contributed by atoms with Gasteiger partial charge in [-0.3, -0.25) is 9.36 Å². The van der Waals surface area contributed by atoms with Crippen LogP contribution in [0.3, 0.4) is 0 Å². The lowest BCUT2D eigenvalue weighted by atomic mass is 10.2. The van der Waals surface area contributed by atoms with Gasteiger partial charge in [-0.05, 0) is 30.7 Å². The number of fused-ring (bicyclic) bond motifs is 1. The van der Waals surface area contributed by atoms with Crippen molar-refractivity contribution in [2.45, 2.75) is 13.5 Å². The molecule has 0 aliphatic carbocycles. The van der Waals surface area contributed by atoms with Crippen LogP contribution in [0, 0.1) is 6.92 Å². The van der Waals surface area contributed by atoms with E-state index >= 15 is 0 Å². The molecule has 0 aliphatic heterocycles. The Morgan fingerprint density at radius 2 is 2.12 bits per heavy atom. The quantitative estimate of drug-likeness (QED) is 0.621. The zero-order valence-electron chi connectivity index (χ0n) is 13.6. The van der Waals surface area contributed by atoms with E-state index in [1.54, 1.807) is 41.6 Å². The molecule has 124 valence electrons. The monoisotopic (exact) mass is 332 g/mol. The van der Waals surface area contributed by atoms with Crippen molar-refractivity contribution in [1.82, 2.24) is 29.2 Å². The Bertz CT molecular complexity index is 1030. The van der Waals surface area contributed by atoms with Crippen molar-refractivity contribution in [2.24, 2.45) is 0 Å². The van der Waals surface area contributed by atoms with E-state index in [-0.39, 0.29) is 5.91 Å². The first-order valence-corrected chi connectivity index (χ1v) is 7.86. The van der Waals surface area contributed by atoms with Crippen molar-refractivity contribution in [3.05, 3.63) is 78.4 Å².